The first-order valence-corrected chi connectivity index (χ1v) is 8.41. The van der Waals surface area contributed by atoms with Gasteiger partial charge in [0.2, 0.25) is 9.84 Å². The van der Waals surface area contributed by atoms with Crippen LogP contribution in [0.25, 0.3) is 0 Å². The third-order valence-electron chi connectivity index (χ3n) is 3.17. The van der Waals surface area contributed by atoms with Crippen molar-refractivity contribution in [3.05, 3.63) is 59.7 Å². The van der Waals surface area contributed by atoms with E-state index in [9.17, 15) is 13.2 Å². The predicted molar refractivity (Wildman–Crippen MR) is 88.4 cm³/mol. The van der Waals surface area contributed by atoms with Crippen LogP contribution in [0, 0.1) is 0 Å². The van der Waals surface area contributed by atoms with Crippen LogP contribution in [0.5, 0.6) is 0 Å². The van der Waals surface area contributed by atoms with Crippen molar-refractivity contribution in [2.45, 2.75) is 9.79 Å². The Morgan fingerprint density at radius 3 is 1.65 bits per heavy atom. The van der Waals surface area contributed by atoms with Crippen molar-refractivity contribution >= 4 is 33.1 Å². The van der Waals surface area contributed by atoms with Crippen molar-refractivity contribution in [1.82, 2.24) is 0 Å². The van der Waals surface area contributed by atoms with Crippen molar-refractivity contribution < 1.29 is 22.7 Å². The summed E-state index contributed by atoms with van der Waals surface area (Å²) >= 11 is 4.99. The highest BCUT2D eigenvalue weighted by Gasteiger charge is 2.18. The molecule has 5 nitrogen and oxygen atoms in total. The normalized spacial score (nSPS) is 10.9. The molecule has 120 valence electrons. The van der Waals surface area contributed by atoms with Crippen LogP contribution in [0.4, 0.5) is 0 Å². The molecule has 0 aliphatic rings. The number of ether oxygens (including phenoxy) is 2. The summed E-state index contributed by atoms with van der Waals surface area (Å²) in [7, 11) is -0.956. The molecule has 0 aliphatic carbocycles. The number of thiocarbonyl (C=S) groups is 1. The molecule has 0 heterocycles. The molecule has 23 heavy (non-hydrogen) atoms. The van der Waals surface area contributed by atoms with E-state index in [-0.39, 0.29) is 20.4 Å². The smallest absolute Gasteiger partial charge is 0.337 e. The first-order chi connectivity index (χ1) is 10.9. The summed E-state index contributed by atoms with van der Waals surface area (Å²) in [4.78, 5) is 11.6. The lowest BCUT2D eigenvalue weighted by Gasteiger charge is -2.07. The summed E-state index contributed by atoms with van der Waals surface area (Å²) in [6, 6.07) is 11.7. The van der Waals surface area contributed by atoms with Gasteiger partial charge in [0.25, 0.3) is 0 Å². The zero-order valence-electron chi connectivity index (χ0n) is 12.5. The minimum atomic E-state index is -3.67. The fourth-order valence-corrected chi connectivity index (χ4v) is 3.31. The fourth-order valence-electron chi connectivity index (χ4n) is 1.91. The highest BCUT2D eigenvalue weighted by atomic mass is 32.2. The standard InChI is InChI=1S/C16H14O5S2/c1-20-15(17)11-3-7-13(8-4-11)23(18,19)14-9-5-12(6-10-14)16(22)21-2/h3-10H,1-2H3. The maximum absolute atomic E-state index is 12.6. The number of benzene rings is 2. The van der Waals surface area contributed by atoms with E-state index in [0.717, 1.165) is 0 Å². The van der Waals surface area contributed by atoms with Crippen LogP contribution in [0.3, 0.4) is 0 Å². The monoisotopic (exact) mass is 350 g/mol. The molecular weight excluding hydrogens is 336 g/mol. The zero-order chi connectivity index (χ0) is 17.0. The van der Waals surface area contributed by atoms with Crippen molar-refractivity contribution in [3.63, 3.8) is 0 Å². The van der Waals surface area contributed by atoms with E-state index >= 15 is 0 Å². The minimum Gasteiger partial charge on any atom is -0.486 e. The Hall–Kier alpha value is -2.25. The lowest BCUT2D eigenvalue weighted by Crippen LogP contribution is -2.05. The Morgan fingerprint density at radius 1 is 0.826 bits per heavy atom. The van der Waals surface area contributed by atoms with Crippen molar-refractivity contribution in [3.8, 4) is 0 Å². The number of rotatable bonds is 4. The summed E-state index contributed by atoms with van der Waals surface area (Å²) in [5.74, 6) is -0.522. The number of hydrogen-bond donors (Lipinski definition) is 0. The Bertz CT molecular complexity index is 756. The molecular formula is C16H14O5S2. The molecule has 2 aromatic rings. The number of sulfone groups is 1. The van der Waals surface area contributed by atoms with E-state index < -0.39 is 15.8 Å². The van der Waals surface area contributed by atoms with E-state index in [2.05, 4.69) is 4.74 Å². The molecule has 0 spiro atoms. The van der Waals surface area contributed by atoms with Crippen LogP contribution < -0.4 is 0 Å². The Kier molecular flexibility index (Phi) is 5.12. The van der Waals surface area contributed by atoms with Crippen LogP contribution in [-0.4, -0.2) is 33.7 Å². The summed E-state index contributed by atoms with van der Waals surface area (Å²) < 4.78 is 34.6. The number of hydrogen-bond acceptors (Lipinski definition) is 6. The maximum atomic E-state index is 12.6. The maximum Gasteiger partial charge on any atom is 0.337 e. The number of esters is 1. The van der Waals surface area contributed by atoms with Crippen LogP contribution in [-0.2, 0) is 19.3 Å². The molecule has 0 radical (unpaired) electrons. The molecule has 0 bridgehead atoms. The van der Waals surface area contributed by atoms with Gasteiger partial charge in [-0.25, -0.2) is 13.2 Å². The van der Waals surface area contributed by atoms with Crippen molar-refractivity contribution in [2.24, 2.45) is 0 Å². The Morgan fingerprint density at radius 2 is 1.26 bits per heavy atom. The molecule has 0 N–H and O–H groups in total. The second kappa shape index (κ2) is 6.89. The predicted octanol–water partition coefficient (Wildman–Crippen LogP) is 2.63. The highest BCUT2D eigenvalue weighted by molar-refractivity contribution is 7.91. The van der Waals surface area contributed by atoms with Gasteiger partial charge in [0.05, 0.1) is 29.6 Å². The molecule has 2 aromatic carbocycles. The van der Waals surface area contributed by atoms with Gasteiger partial charge in [-0.1, -0.05) is 0 Å². The number of carbonyl (C=O) groups is 1. The van der Waals surface area contributed by atoms with Gasteiger partial charge in [0, 0.05) is 5.56 Å². The average Bonchev–Trinajstić information content (AvgIpc) is 2.60. The second-order valence-electron chi connectivity index (χ2n) is 4.54. The molecule has 0 saturated heterocycles. The van der Waals surface area contributed by atoms with Crippen molar-refractivity contribution in [2.75, 3.05) is 14.2 Å². The quantitative estimate of drug-likeness (QED) is 0.624. The van der Waals surface area contributed by atoms with Crippen LogP contribution in [0.1, 0.15) is 15.9 Å². The van der Waals surface area contributed by atoms with Gasteiger partial charge in [0.1, 0.15) is 0 Å². The van der Waals surface area contributed by atoms with E-state index in [0.29, 0.717) is 5.56 Å². The zero-order valence-corrected chi connectivity index (χ0v) is 14.1. The molecule has 0 aromatic heterocycles. The summed E-state index contributed by atoms with van der Waals surface area (Å²) in [5.41, 5.74) is 0.912. The Labute approximate surface area is 139 Å². The molecule has 0 fully saturated rings. The summed E-state index contributed by atoms with van der Waals surface area (Å²) in [5, 5.41) is 0.288. The van der Waals surface area contributed by atoms with Gasteiger partial charge >= 0.3 is 5.97 Å². The average molecular weight is 350 g/mol. The SMILES string of the molecule is COC(=O)c1ccc(S(=O)(=O)c2ccc(C(=S)OC)cc2)cc1. The highest BCUT2D eigenvalue weighted by Crippen LogP contribution is 2.22. The fraction of sp³-hybridized carbons (Fsp3) is 0.125. The van der Waals surface area contributed by atoms with Crippen molar-refractivity contribution in [1.29, 1.82) is 0 Å². The van der Waals surface area contributed by atoms with E-state index in [1.54, 1.807) is 12.1 Å². The van der Waals surface area contributed by atoms with Gasteiger partial charge < -0.3 is 9.47 Å². The molecule has 7 heteroatoms. The third kappa shape index (κ3) is 3.57. The van der Waals surface area contributed by atoms with Gasteiger partial charge in [-0.05, 0) is 60.7 Å². The van der Waals surface area contributed by atoms with Gasteiger partial charge in [-0.15, -0.1) is 0 Å². The van der Waals surface area contributed by atoms with E-state index in [4.69, 9.17) is 17.0 Å². The largest absolute Gasteiger partial charge is 0.486 e. The second-order valence-corrected chi connectivity index (χ2v) is 6.86. The molecule has 0 atom stereocenters. The lowest BCUT2D eigenvalue weighted by atomic mass is 10.2. The molecule has 0 amide bonds. The topological polar surface area (TPSA) is 69.7 Å². The summed E-state index contributed by atoms with van der Waals surface area (Å²) in [6.45, 7) is 0. The lowest BCUT2D eigenvalue weighted by molar-refractivity contribution is 0.0600. The number of methoxy groups -OCH3 is 2. The molecule has 0 saturated carbocycles. The Balaban J connectivity index is 2.34. The van der Waals surface area contributed by atoms with Gasteiger partial charge in [-0.3, -0.25) is 0 Å². The van der Waals surface area contributed by atoms with E-state index in [1.807, 2.05) is 0 Å². The molecule has 0 unspecified atom stereocenters. The molecule has 0 aliphatic heterocycles. The van der Waals surface area contributed by atoms with Gasteiger partial charge in [0.15, 0.2) is 5.05 Å². The first-order valence-electron chi connectivity index (χ1n) is 6.52. The minimum absolute atomic E-state index is 0.0900. The number of carbonyl (C=O) groups excluding carboxylic acids is 1. The van der Waals surface area contributed by atoms with Crippen LogP contribution in [0.15, 0.2) is 58.3 Å². The van der Waals surface area contributed by atoms with Gasteiger partial charge in [-0.2, -0.15) is 0 Å². The van der Waals surface area contributed by atoms with Crippen LogP contribution >= 0.6 is 12.2 Å². The first kappa shape index (κ1) is 17.1. The third-order valence-corrected chi connectivity index (χ3v) is 5.36. The summed E-state index contributed by atoms with van der Waals surface area (Å²) in [6.07, 6.45) is 0. The van der Waals surface area contributed by atoms with E-state index in [1.165, 1.54) is 50.6 Å². The molecule has 2 rings (SSSR count). The van der Waals surface area contributed by atoms with Crippen LogP contribution in [0.2, 0.25) is 0 Å².